The summed E-state index contributed by atoms with van der Waals surface area (Å²) in [6.07, 6.45) is 8.67. The number of carbonyl (C=O) groups is 3. The Kier molecular flexibility index (Phi) is 7.96. The van der Waals surface area contributed by atoms with Gasteiger partial charge < -0.3 is 15.0 Å². The number of rotatable bonds is 9. The van der Waals surface area contributed by atoms with E-state index in [-0.39, 0.29) is 42.3 Å². The summed E-state index contributed by atoms with van der Waals surface area (Å²) in [5, 5.41) is 12.7. The maximum Gasteiger partial charge on any atom is 0.410 e. The Labute approximate surface area is 272 Å². The van der Waals surface area contributed by atoms with E-state index in [1.165, 1.54) is 6.08 Å². The van der Waals surface area contributed by atoms with E-state index in [1.807, 2.05) is 54.6 Å². The van der Waals surface area contributed by atoms with E-state index in [2.05, 4.69) is 21.4 Å². The lowest BCUT2D eigenvalue weighted by atomic mass is 9.85. The predicted molar refractivity (Wildman–Crippen MR) is 171 cm³/mol. The van der Waals surface area contributed by atoms with Crippen LogP contribution < -0.4 is 5.32 Å². The van der Waals surface area contributed by atoms with Crippen molar-refractivity contribution >= 4 is 17.8 Å². The van der Waals surface area contributed by atoms with Gasteiger partial charge in [-0.1, -0.05) is 30.3 Å². The molecule has 234 valence electrons. The van der Waals surface area contributed by atoms with Crippen LogP contribution >= 0.6 is 0 Å². The molecule has 1 N–H and O–H groups in total. The predicted octanol–water partition coefficient (Wildman–Crippen LogP) is 4.30. The van der Waals surface area contributed by atoms with E-state index in [1.54, 1.807) is 58.9 Å². The molecule has 2 saturated heterocycles. The number of nitrogens with zero attached hydrogens (tertiary/aromatic N) is 5. The van der Waals surface area contributed by atoms with Crippen molar-refractivity contribution < 1.29 is 19.1 Å². The molecule has 7 rings (SSSR count). The summed E-state index contributed by atoms with van der Waals surface area (Å²) in [5.41, 5.74) is 2.56. The van der Waals surface area contributed by atoms with E-state index < -0.39 is 5.54 Å². The zero-order chi connectivity index (χ0) is 32.4. The van der Waals surface area contributed by atoms with Crippen LogP contribution in [-0.2, 0) is 29.0 Å². The minimum absolute atomic E-state index is 0.0519. The third kappa shape index (κ3) is 6.08. The molecule has 2 aromatic heterocycles. The number of benzene rings is 2. The minimum Gasteiger partial charge on any atom is -0.445 e. The molecule has 3 aliphatic rings. The molecule has 10 heteroatoms. The van der Waals surface area contributed by atoms with Crippen LogP contribution in [0.5, 0.6) is 0 Å². The van der Waals surface area contributed by atoms with E-state index >= 15 is 0 Å². The summed E-state index contributed by atoms with van der Waals surface area (Å²) in [6, 6.07) is 25.4. The topological polar surface area (TPSA) is 129 Å². The standard InChI is InChI=1S/C37H32N6O4/c38-21-27-6-8-29(9-7-27)32(44)18-33-41-37(19-25-10-14-39-15-11-25,20-26-12-16-40-17-13-26)35(45)43(33)34-30-22-42(23-31(30)34)36(46)47-24-28-4-2-1-3-5-28/h1-18,30-31,34,41H,19-20,22-24H2/b33-18+/t30-,31+,34?. The van der Waals surface area contributed by atoms with Crippen molar-refractivity contribution in [2.75, 3.05) is 13.1 Å². The van der Waals surface area contributed by atoms with E-state index in [0.29, 0.717) is 42.9 Å². The largest absolute Gasteiger partial charge is 0.445 e. The first-order valence-corrected chi connectivity index (χ1v) is 15.6. The molecule has 1 unspecified atom stereocenters. The van der Waals surface area contributed by atoms with Gasteiger partial charge in [0.2, 0.25) is 0 Å². The maximum absolute atomic E-state index is 14.8. The summed E-state index contributed by atoms with van der Waals surface area (Å²) in [6.45, 7) is 1.12. The zero-order valence-corrected chi connectivity index (χ0v) is 25.5. The van der Waals surface area contributed by atoms with Crippen LogP contribution in [0.2, 0.25) is 0 Å². The first-order chi connectivity index (χ1) is 22.9. The number of aromatic nitrogens is 2. The van der Waals surface area contributed by atoms with E-state index in [0.717, 1.165) is 16.7 Å². The third-order valence-corrected chi connectivity index (χ3v) is 9.24. The minimum atomic E-state index is -1.08. The molecule has 0 spiro atoms. The Morgan fingerprint density at radius 2 is 1.47 bits per heavy atom. The molecule has 0 bridgehead atoms. The molecule has 1 saturated carbocycles. The lowest BCUT2D eigenvalue weighted by Crippen LogP contribution is -2.51. The van der Waals surface area contributed by atoms with Crippen molar-refractivity contribution in [1.29, 1.82) is 5.26 Å². The van der Waals surface area contributed by atoms with Crippen molar-refractivity contribution in [2.24, 2.45) is 11.8 Å². The summed E-state index contributed by atoms with van der Waals surface area (Å²) in [4.78, 5) is 53.0. The fourth-order valence-corrected chi connectivity index (χ4v) is 6.85. The fourth-order valence-electron chi connectivity index (χ4n) is 6.85. The molecule has 2 aromatic carbocycles. The molecule has 0 radical (unpaired) electrons. The zero-order valence-electron chi connectivity index (χ0n) is 25.5. The van der Waals surface area contributed by atoms with Crippen molar-refractivity contribution in [2.45, 2.75) is 31.0 Å². The first-order valence-electron chi connectivity index (χ1n) is 15.6. The Morgan fingerprint density at radius 3 is 2.04 bits per heavy atom. The average molecular weight is 625 g/mol. The monoisotopic (exact) mass is 624 g/mol. The van der Waals surface area contributed by atoms with Crippen molar-refractivity contribution in [1.82, 2.24) is 25.1 Å². The molecular weight excluding hydrogens is 592 g/mol. The lowest BCUT2D eigenvalue weighted by molar-refractivity contribution is -0.132. The summed E-state index contributed by atoms with van der Waals surface area (Å²) >= 11 is 0. The SMILES string of the molecule is N#Cc1ccc(C(=O)/C=C2\NC(Cc3ccncc3)(Cc3ccncc3)C(=O)N2C2[C@H]3CN(C(=O)OCc4ccccc4)C[C@@H]23)cc1. The summed E-state index contributed by atoms with van der Waals surface area (Å²) in [5.74, 6) is 0.134. The molecular formula is C37H32N6O4. The van der Waals surface area contributed by atoms with Crippen LogP contribution in [0.15, 0.2) is 116 Å². The Morgan fingerprint density at radius 1 is 0.872 bits per heavy atom. The Hall–Kier alpha value is -5.82. The third-order valence-electron chi connectivity index (χ3n) is 9.24. The van der Waals surface area contributed by atoms with Gasteiger partial charge in [0.1, 0.15) is 18.0 Å². The van der Waals surface area contributed by atoms with E-state index in [9.17, 15) is 19.6 Å². The normalized spacial score (nSPS) is 21.6. The number of nitriles is 1. The average Bonchev–Trinajstić information content (AvgIpc) is 3.44. The van der Waals surface area contributed by atoms with Crippen molar-refractivity contribution in [3.8, 4) is 6.07 Å². The van der Waals surface area contributed by atoms with Gasteiger partial charge in [-0.05, 0) is 65.2 Å². The highest BCUT2D eigenvalue weighted by molar-refractivity contribution is 6.06. The molecule has 47 heavy (non-hydrogen) atoms. The number of ketones is 1. The van der Waals surface area contributed by atoms with Crippen LogP contribution in [0, 0.1) is 23.2 Å². The quantitative estimate of drug-likeness (QED) is 0.216. The van der Waals surface area contributed by atoms with Gasteiger partial charge >= 0.3 is 6.09 Å². The maximum atomic E-state index is 14.8. The molecule has 1 aliphatic carbocycles. The molecule has 4 aromatic rings. The number of hydrogen-bond acceptors (Lipinski definition) is 8. The molecule has 2 amide bonds. The second-order valence-corrected chi connectivity index (χ2v) is 12.3. The number of nitrogens with one attached hydrogen (secondary N) is 1. The van der Waals surface area contributed by atoms with Gasteiger partial charge in [-0.25, -0.2) is 4.79 Å². The second kappa shape index (κ2) is 12.5. The summed E-state index contributed by atoms with van der Waals surface area (Å²) < 4.78 is 5.58. The highest BCUT2D eigenvalue weighted by atomic mass is 16.6. The van der Waals surface area contributed by atoms with Gasteiger partial charge in [-0.3, -0.25) is 24.5 Å². The van der Waals surface area contributed by atoms with Gasteiger partial charge in [-0.15, -0.1) is 0 Å². The highest BCUT2D eigenvalue weighted by Gasteiger charge is 2.65. The number of ether oxygens (including phenoxy) is 1. The molecule has 10 nitrogen and oxygen atoms in total. The first kappa shape index (κ1) is 29.9. The van der Waals surface area contributed by atoms with Gasteiger partial charge in [0.25, 0.3) is 5.91 Å². The number of allylic oxidation sites excluding steroid dienone is 1. The molecule has 3 atom stereocenters. The lowest BCUT2D eigenvalue weighted by Gasteiger charge is -2.28. The van der Waals surface area contributed by atoms with Crippen LogP contribution in [0.25, 0.3) is 0 Å². The van der Waals surface area contributed by atoms with Crippen molar-refractivity contribution in [3.05, 3.63) is 143 Å². The Bertz CT molecular complexity index is 1800. The van der Waals surface area contributed by atoms with Gasteiger partial charge in [0, 0.05) is 80.2 Å². The van der Waals surface area contributed by atoms with Gasteiger partial charge in [0.05, 0.1) is 11.6 Å². The number of hydrogen-bond donors (Lipinski definition) is 1. The summed E-state index contributed by atoms with van der Waals surface area (Å²) in [7, 11) is 0. The van der Waals surface area contributed by atoms with E-state index in [4.69, 9.17) is 4.74 Å². The smallest absolute Gasteiger partial charge is 0.410 e. The van der Waals surface area contributed by atoms with Gasteiger partial charge in [-0.2, -0.15) is 5.26 Å². The molecule has 3 fully saturated rings. The van der Waals surface area contributed by atoms with Crippen molar-refractivity contribution in [3.63, 3.8) is 0 Å². The van der Waals surface area contributed by atoms with Crippen LogP contribution in [0.1, 0.15) is 32.6 Å². The number of piperidine rings is 1. The fraction of sp³-hybridized carbons (Fsp3) is 0.243. The second-order valence-electron chi connectivity index (χ2n) is 12.3. The Balaban J connectivity index is 1.17. The highest BCUT2D eigenvalue weighted by Crippen LogP contribution is 2.52. The number of amides is 2. The van der Waals surface area contributed by atoms with Crippen LogP contribution in [0.3, 0.4) is 0 Å². The molecule has 4 heterocycles. The van der Waals surface area contributed by atoms with Crippen LogP contribution in [0.4, 0.5) is 4.79 Å². The number of carbonyl (C=O) groups excluding carboxylic acids is 3. The van der Waals surface area contributed by atoms with Gasteiger partial charge in [0.15, 0.2) is 5.78 Å². The number of likely N-dealkylation sites (tertiary alicyclic amines) is 1. The molecule has 2 aliphatic heterocycles. The van der Waals surface area contributed by atoms with Crippen LogP contribution in [-0.4, -0.2) is 62.2 Å². The number of pyridine rings is 2. The number of fused-ring (bicyclic) bond motifs is 1.